The molecule has 2 aromatic carbocycles. The summed E-state index contributed by atoms with van der Waals surface area (Å²) in [6.07, 6.45) is 2.93. The summed E-state index contributed by atoms with van der Waals surface area (Å²) in [5.41, 5.74) is 1.12. The van der Waals surface area contributed by atoms with Crippen LogP contribution in [-0.2, 0) is 4.79 Å². The van der Waals surface area contributed by atoms with Gasteiger partial charge in [-0.2, -0.15) is 0 Å². The maximum absolute atomic E-state index is 13.3. The molecule has 0 bridgehead atoms. The molecule has 0 aromatic heterocycles. The number of carbonyl (C=O) groups excluding carboxylic acids is 2. The standard InChI is InChI=1S/C21H24FN3O3/c1-28-19-7-3-6-17(14-19)24-21(27)25(18-10-8-16(22)9-11-18)13-12-23-20(26)15-4-2-5-15/h3,6-11,14-15H,2,4-5,12-13H2,1H3,(H,23,26)(H,24,27). The first-order valence-electron chi connectivity index (χ1n) is 9.32. The number of methoxy groups -OCH3 is 1. The van der Waals surface area contributed by atoms with Crippen LogP contribution >= 0.6 is 0 Å². The zero-order valence-corrected chi connectivity index (χ0v) is 15.8. The van der Waals surface area contributed by atoms with Crippen LogP contribution in [0.2, 0.25) is 0 Å². The van der Waals surface area contributed by atoms with Gasteiger partial charge in [0.15, 0.2) is 0 Å². The Bertz CT molecular complexity index is 822. The van der Waals surface area contributed by atoms with E-state index in [0.717, 1.165) is 19.3 Å². The molecule has 2 N–H and O–H groups in total. The summed E-state index contributed by atoms with van der Waals surface area (Å²) in [5, 5.41) is 5.69. The van der Waals surface area contributed by atoms with Gasteiger partial charge in [-0.05, 0) is 49.2 Å². The predicted molar refractivity (Wildman–Crippen MR) is 106 cm³/mol. The minimum Gasteiger partial charge on any atom is -0.497 e. The molecule has 1 aliphatic rings. The van der Waals surface area contributed by atoms with Crippen molar-refractivity contribution in [2.24, 2.45) is 5.92 Å². The zero-order chi connectivity index (χ0) is 19.9. The van der Waals surface area contributed by atoms with Crippen molar-refractivity contribution in [3.05, 3.63) is 54.3 Å². The van der Waals surface area contributed by atoms with Gasteiger partial charge in [-0.15, -0.1) is 0 Å². The van der Waals surface area contributed by atoms with Crippen molar-refractivity contribution in [3.63, 3.8) is 0 Å². The molecule has 6 nitrogen and oxygen atoms in total. The molecule has 2 aromatic rings. The first-order chi connectivity index (χ1) is 13.6. The number of rotatable bonds is 7. The average molecular weight is 385 g/mol. The Hall–Kier alpha value is -3.09. The molecule has 0 saturated heterocycles. The molecule has 3 amide bonds. The van der Waals surface area contributed by atoms with E-state index < -0.39 is 0 Å². The number of amides is 3. The Morgan fingerprint density at radius 2 is 1.93 bits per heavy atom. The number of urea groups is 1. The lowest BCUT2D eigenvalue weighted by molar-refractivity contribution is -0.127. The molecule has 148 valence electrons. The molecule has 0 heterocycles. The summed E-state index contributed by atoms with van der Waals surface area (Å²) in [7, 11) is 1.55. The first-order valence-corrected chi connectivity index (χ1v) is 9.32. The van der Waals surface area contributed by atoms with Gasteiger partial charge in [0, 0.05) is 36.4 Å². The van der Waals surface area contributed by atoms with Crippen LogP contribution in [0.15, 0.2) is 48.5 Å². The van der Waals surface area contributed by atoms with Gasteiger partial charge in [-0.1, -0.05) is 12.5 Å². The monoisotopic (exact) mass is 385 g/mol. The third kappa shape index (κ3) is 5.00. The van der Waals surface area contributed by atoms with E-state index in [-0.39, 0.29) is 30.2 Å². The van der Waals surface area contributed by atoms with Gasteiger partial charge in [-0.3, -0.25) is 9.69 Å². The van der Waals surface area contributed by atoms with Crippen molar-refractivity contribution in [2.75, 3.05) is 30.4 Å². The number of ether oxygens (including phenoxy) is 1. The number of carbonyl (C=O) groups is 2. The lowest BCUT2D eigenvalue weighted by Crippen LogP contribution is -2.43. The lowest BCUT2D eigenvalue weighted by atomic mass is 9.85. The van der Waals surface area contributed by atoms with Crippen molar-refractivity contribution < 1.29 is 18.7 Å². The number of halogens is 1. The highest BCUT2D eigenvalue weighted by Gasteiger charge is 2.25. The molecular formula is C21H24FN3O3. The van der Waals surface area contributed by atoms with Crippen molar-refractivity contribution in [2.45, 2.75) is 19.3 Å². The third-order valence-corrected chi connectivity index (χ3v) is 4.82. The SMILES string of the molecule is COc1cccc(NC(=O)N(CCNC(=O)C2CCC2)c2ccc(F)cc2)c1. The van der Waals surface area contributed by atoms with Crippen LogP contribution in [0.25, 0.3) is 0 Å². The van der Waals surface area contributed by atoms with Crippen LogP contribution < -0.4 is 20.3 Å². The highest BCUT2D eigenvalue weighted by atomic mass is 19.1. The van der Waals surface area contributed by atoms with Gasteiger partial charge in [0.25, 0.3) is 0 Å². The fraction of sp³-hybridized carbons (Fsp3) is 0.333. The molecule has 0 spiro atoms. The second-order valence-corrected chi connectivity index (χ2v) is 6.71. The quantitative estimate of drug-likeness (QED) is 0.762. The third-order valence-electron chi connectivity index (χ3n) is 4.82. The Labute approximate surface area is 163 Å². The number of hydrogen-bond donors (Lipinski definition) is 2. The second kappa shape index (κ2) is 9.21. The van der Waals surface area contributed by atoms with Crippen LogP contribution in [0.4, 0.5) is 20.6 Å². The molecule has 1 aliphatic carbocycles. The molecule has 1 saturated carbocycles. The van der Waals surface area contributed by atoms with E-state index in [1.807, 2.05) is 0 Å². The lowest BCUT2D eigenvalue weighted by Gasteiger charge is -2.26. The minimum absolute atomic E-state index is 0.0264. The van der Waals surface area contributed by atoms with Crippen molar-refractivity contribution in [1.82, 2.24) is 5.32 Å². The molecule has 0 atom stereocenters. The Morgan fingerprint density at radius 1 is 1.18 bits per heavy atom. The normalized spacial score (nSPS) is 13.4. The average Bonchev–Trinajstić information content (AvgIpc) is 2.65. The van der Waals surface area contributed by atoms with E-state index in [1.54, 1.807) is 31.4 Å². The highest BCUT2D eigenvalue weighted by molar-refractivity contribution is 6.01. The molecule has 28 heavy (non-hydrogen) atoms. The largest absolute Gasteiger partial charge is 0.497 e. The van der Waals surface area contributed by atoms with Gasteiger partial charge in [-0.25, -0.2) is 9.18 Å². The summed E-state index contributed by atoms with van der Waals surface area (Å²) in [5.74, 6) is 0.359. The van der Waals surface area contributed by atoms with Gasteiger partial charge < -0.3 is 15.4 Å². The molecular weight excluding hydrogens is 361 g/mol. The molecule has 7 heteroatoms. The van der Waals surface area contributed by atoms with Crippen LogP contribution in [0, 0.1) is 11.7 Å². The number of benzene rings is 2. The Kier molecular flexibility index (Phi) is 6.47. The fourth-order valence-electron chi connectivity index (χ4n) is 2.97. The summed E-state index contributed by atoms with van der Waals surface area (Å²) >= 11 is 0. The topological polar surface area (TPSA) is 70.7 Å². The Balaban J connectivity index is 1.68. The molecule has 0 aliphatic heterocycles. The fourth-order valence-corrected chi connectivity index (χ4v) is 2.97. The Morgan fingerprint density at radius 3 is 2.57 bits per heavy atom. The number of hydrogen-bond acceptors (Lipinski definition) is 3. The molecule has 1 fully saturated rings. The van der Waals surface area contributed by atoms with E-state index in [0.29, 0.717) is 23.7 Å². The van der Waals surface area contributed by atoms with Crippen LogP contribution in [0.5, 0.6) is 5.75 Å². The molecule has 0 radical (unpaired) electrons. The van der Waals surface area contributed by atoms with Crippen molar-refractivity contribution in [3.8, 4) is 5.75 Å². The molecule has 3 rings (SSSR count). The van der Waals surface area contributed by atoms with E-state index in [2.05, 4.69) is 10.6 Å². The van der Waals surface area contributed by atoms with E-state index in [1.165, 1.54) is 29.2 Å². The number of nitrogens with one attached hydrogen (secondary N) is 2. The smallest absolute Gasteiger partial charge is 0.326 e. The summed E-state index contributed by atoms with van der Waals surface area (Å²) < 4.78 is 18.5. The summed E-state index contributed by atoms with van der Waals surface area (Å²) in [4.78, 5) is 26.3. The van der Waals surface area contributed by atoms with Crippen LogP contribution in [0.3, 0.4) is 0 Å². The van der Waals surface area contributed by atoms with Crippen LogP contribution in [0.1, 0.15) is 19.3 Å². The van der Waals surface area contributed by atoms with Gasteiger partial charge >= 0.3 is 6.03 Å². The number of nitrogens with zero attached hydrogens (tertiary/aromatic N) is 1. The van der Waals surface area contributed by atoms with Gasteiger partial charge in [0.2, 0.25) is 5.91 Å². The summed E-state index contributed by atoms with van der Waals surface area (Å²) in [6.45, 7) is 0.581. The van der Waals surface area contributed by atoms with E-state index >= 15 is 0 Å². The second-order valence-electron chi connectivity index (χ2n) is 6.71. The van der Waals surface area contributed by atoms with Crippen molar-refractivity contribution in [1.29, 1.82) is 0 Å². The maximum Gasteiger partial charge on any atom is 0.326 e. The number of anilines is 2. The predicted octanol–water partition coefficient (Wildman–Crippen LogP) is 3.79. The zero-order valence-electron chi connectivity index (χ0n) is 15.8. The van der Waals surface area contributed by atoms with Gasteiger partial charge in [0.05, 0.1) is 7.11 Å². The summed E-state index contributed by atoms with van der Waals surface area (Å²) in [6, 6.07) is 12.3. The van der Waals surface area contributed by atoms with Crippen LogP contribution in [-0.4, -0.2) is 32.1 Å². The highest BCUT2D eigenvalue weighted by Crippen LogP contribution is 2.26. The first kappa shape index (κ1) is 19.7. The van der Waals surface area contributed by atoms with Gasteiger partial charge in [0.1, 0.15) is 11.6 Å². The van der Waals surface area contributed by atoms with Crippen molar-refractivity contribution >= 4 is 23.3 Å². The van der Waals surface area contributed by atoms with E-state index in [9.17, 15) is 14.0 Å². The van der Waals surface area contributed by atoms with E-state index in [4.69, 9.17) is 4.74 Å². The molecule has 0 unspecified atom stereocenters. The maximum atomic E-state index is 13.3. The minimum atomic E-state index is -0.379.